The number of fused-ring (bicyclic) bond motifs is 1. The molecule has 1 heterocycles. The van der Waals surface area contributed by atoms with E-state index in [1.165, 1.54) is 33.4 Å². The minimum atomic E-state index is -1.94. The van der Waals surface area contributed by atoms with Gasteiger partial charge in [-0.25, -0.2) is 0 Å². The third-order valence-corrected chi connectivity index (χ3v) is 13.9. The van der Waals surface area contributed by atoms with Gasteiger partial charge in [-0.2, -0.15) is 0 Å². The van der Waals surface area contributed by atoms with E-state index in [9.17, 15) is 10.2 Å². The topological polar surface area (TPSA) is 58.9 Å². The van der Waals surface area contributed by atoms with Gasteiger partial charge in [0.15, 0.2) is 0 Å². The van der Waals surface area contributed by atoms with Gasteiger partial charge in [0, 0.05) is 5.56 Å². The molecule has 2 N–H and O–H groups in total. The standard InChI is InChI=1S/C35H60O4Si/c1-24(16-14-17-25(2)19-20-30(36)34(9,10)37)18-15-22-35(11)23-21-29-28(5)31(26(3)27(4)32(29)38-35)39-40(12,13)33(6,7)8/h17-18,30,36-37H,14-16,19-23H2,1-13H3/b24-18+,25-17+/t30?,35-/m1/s1. The summed E-state index contributed by atoms with van der Waals surface area (Å²) < 4.78 is 13.7. The Morgan fingerprint density at radius 1 is 0.975 bits per heavy atom. The molecule has 0 bridgehead atoms. The molecule has 0 spiro atoms. The van der Waals surface area contributed by atoms with Crippen molar-refractivity contribution < 1.29 is 19.4 Å². The second-order valence-corrected chi connectivity index (χ2v) is 19.5. The van der Waals surface area contributed by atoms with Crippen LogP contribution in [-0.4, -0.2) is 35.8 Å². The molecule has 0 aromatic heterocycles. The zero-order valence-corrected chi connectivity index (χ0v) is 29.1. The fourth-order valence-electron chi connectivity index (χ4n) is 5.11. The quantitative estimate of drug-likeness (QED) is 0.193. The Bertz CT molecular complexity index is 1080. The van der Waals surface area contributed by atoms with Gasteiger partial charge in [-0.1, -0.05) is 44.1 Å². The monoisotopic (exact) mass is 572 g/mol. The average molecular weight is 573 g/mol. The Morgan fingerprint density at radius 3 is 2.12 bits per heavy atom. The first-order chi connectivity index (χ1) is 18.2. The normalized spacial score (nSPS) is 19.8. The van der Waals surface area contributed by atoms with Gasteiger partial charge in [-0.15, -0.1) is 0 Å². The van der Waals surface area contributed by atoms with Crippen LogP contribution in [-0.2, 0) is 6.42 Å². The summed E-state index contributed by atoms with van der Waals surface area (Å²) >= 11 is 0. The van der Waals surface area contributed by atoms with Crippen LogP contribution >= 0.6 is 0 Å². The van der Waals surface area contributed by atoms with E-state index in [-0.39, 0.29) is 10.6 Å². The van der Waals surface area contributed by atoms with Crippen molar-refractivity contribution >= 4 is 8.32 Å². The van der Waals surface area contributed by atoms with Crippen molar-refractivity contribution in [2.45, 2.75) is 163 Å². The summed E-state index contributed by atoms with van der Waals surface area (Å²) in [6.07, 6.45) is 11.5. The van der Waals surface area contributed by atoms with Crippen LogP contribution in [0.25, 0.3) is 0 Å². The zero-order valence-electron chi connectivity index (χ0n) is 28.1. The minimum Gasteiger partial charge on any atom is -0.543 e. The van der Waals surface area contributed by atoms with Crippen molar-refractivity contribution in [3.8, 4) is 11.5 Å². The molecule has 1 aromatic rings. The fraction of sp³-hybridized carbons (Fsp3) is 0.714. The van der Waals surface area contributed by atoms with Crippen molar-refractivity contribution in [1.29, 1.82) is 0 Å². The molecule has 0 radical (unpaired) electrons. The fourth-order valence-corrected chi connectivity index (χ4v) is 6.23. The number of hydrogen-bond donors (Lipinski definition) is 2. The number of rotatable bonds is 12. The van der Waals surface area contributed by atoms with Crippen LogP contribution in [0.1, 0.15) is 123 Å². The summed E-state index contributed by atoms with van der Waals surface area (Å²) in [5, 5.41) is 20.1. The van der Waals surface area contributed by atoms with Crippen molar-refractivity contribution in [1.82, 2.24) is 0 Å². The lowest BCUT2D eigenvalue weighted by atomic mass is 9.85. The molecule has 228 valence electrons. The molecular formula is C35H60O4Si. The Labute approximate surface area is 247 Å². The van der Waals surface area contributed by atoms with Crippen LogP contribution in [0.2, 0.25) is 18.1 Å². The molecule has 1 aromatic carbocycles. The maximum Gasteiger partial charge on any atom is 0.250 e. The molecule has 2 atom stereocenters. The summed E-state index contributed by atoms with van der Waals surface area (Å²) in [5.41, 5.74) is 6.53. The molecule has 1 unspecified atom stereocenters. The first-order valence-electron chi connectivity index (χ1n) is 15.4. The summed E-state index contributed by atoms with van der Waals surface area (Å²) in [4.78, 5) is 0. The summed E-state index contributed by atoms with van der Waals surface area (Å²) in [5.74, 6) is 2.17. The Kier molecular flexibility index (Phi) is 11.4. The Balaban J connectivity index is 2.00. The summed E-state index contributed by atoms with van der Waals surface area (Å²) in [6.45, 7) is 28.1. The van der Waals surface area contributed by atoms with Gasteiger partial charge in [0.25, 0.3) is 8.32 Å². The molecule has 0 saturated heterocycles. The number of benzene rings is 1. The first kappa shape index (κ1) is 34.6. The minimum absolute atomic E-state index is 0.160. The van der Waals surface area contributed by atoms with E-state index in [2.05, 4.69) is 87.6 Å². The molecule has 2 rings (SSSR count). The van der Waals surface area contributed by atoms with Crippen LogP contribution in [0.3, 0.4) is 0 Å². The molecule has 40 heavy (non-hydrogen) atoms. The molecule has 0 saturated carbocycles. The van der Waals surface area contributed by atoms with E-state index in [1.807, 2.05) is 0 Å². The predicted molar refractivity (Wildman–Crippen MR) is 173 cm³/mol. The van der Waals surface area contributed by atoms with Gasteiger partial charge in [-0.3, -0.25) is 0 Å². The molecule has 1 aliphatic rings. The first-order valence-corrected chi connectivity index (χ1v) is 18.3. The molecular weight excluding hydrogens is 512 g/mol. The second-order valence-electron chi connectivity index (χ2n) is 14.8. The number of aliphatic hydroxyl groups is 2. The van der Waals surface area contributed by atoms with Crippen LogP contribution in [0.15, 0.2) is 23.3 Å². The lowest BCUT2D eigenvalue weighted by molar-refractivity contribution is -0.0509. The summed E-state index contributed by atoms with van der Waals surface area (Å²) in [6, 6.07) is 0. The van der Waals surface area contributed by atoms with Crippen LogP contribution in [0.5, 0.6) is 11.5 Å². The lowest BCUT2D eigenvalue weighted by Crippen LogP contribution is -2.44. The van der Waals surface area contributed by atoms with Gasteiger partial charge in [-0.05, 0) is 142 Å². The third-order valence-electron chi connectivity index (χ3n) is 9.55. The third kappa shape index (κ3) is 8.97. The Hall–Kier alpha value is -1.56. The van der Waals surface area contributed by atoms with E-state index in [0.29, 0.717) is 6.42 Å². The van der Waals surface area contributed by atoms with Crippen molar-refractivity contribution in [2.75, 3.05) is 0 Å². The number of hydrogen-bond acceptors (Lipinski definition) is 4. The molecule has 0 aliphatic carbocycles. The average Bonchev–Trinajstić information content (AvgIpc) is 2.82. The SMILES string of the molecule is C/C(=C\CC[C@]1(C)CCc2c(C)c(O[Si](C)(C)C(C)(C)C)c(C)c(C)c2O1)CC/C=C(\C)CCC(O)C(C)(C)O. The highest BCUT2D eigenvalue weighted by atomic mass is 28.4. The van der Waals surface area contributed by atoms with E-state index in [0.717, 1.165) is 56.4 Å². The maximum absolute atomic E-state index is 10.0. The van der Waals surface area contributed by atoms with E-state index in [1.54, 1.807) is 13.8 Å². The largest absolute Gasteiger partial charge is 0.543 e. The second kappa shape index (κ2) is 13.2. The highest BCUT2D eigenvalue weighted by Crippen LogP contribution is 2.47. The predicted octanol–water partition coefficient (Wildman–Crippen LogP) is 9.44. The molecule has 0 amide bonds. The number of allylic oxidation sites excluding steroid dienone is 4. The highest BCUT2D eigenvalue weighted by molar-refractivity contribution is 6.74. The molecule has 1 aliphatic heterocycles. The number of ether oxygens (including phenoxy) is 1. The van der Waals surface area contributed by atoms with Crippen molar-refractivity contribution in [3.63, 3.8) is 0 Å². The van der Waals surface area contributed by atoms with Crippen molar-refractivity contribution in [2.24, 2.45) is 0 Å². The van der Waals surface area contributed by atoms with Gasteiger partial charge in [0.2, 0.25) is 0 Å². The van der Waals surface area contributed by atoms with Crippen LogP contribution in [0, 0.1) is 20.8 Å². The van der Waals surface area contributed by atoms with Gasteiger partial charge < -0.3 is 19.4 Å². The van der Waals surface area contributed by atoms with Gasteiger partial charge in [0.1, 0.15) is 17.1 Å². The molecule has 4 nitrogen and oxygen atoms in total. The van der Waals surface area contributed by atoms with E-state index in [4.69, 9.17) is 9.16 Å². The number of aliphatic hydroxyl groups excluding tert-OH is 1. The van der Waals surface area contributed by atoms with Crippen LogP contribution in [0.4, 0.5) is 0 Å². The van der Waals surface area contributed by atoms with Gasteiger partial charge >= 0.3 is 0 Å². The van der Waals surface area contributed by atoms with E-state index >= 15 is 0 Å². The highest BCUT2D eigenvalue weighted by Gasteiger charge is 2.41. The Morgan fingerprint density at radius 2 is 1.55 bits per heavy atom. The van der Waals surface area contributed by atoms with E-state index < -0.39 is 20.0 Å². The van der Waals surface area contributed by atoms with Crippen LogP contribution < -0.4 is 9.16 Å². The summed E-state index contributed by atoms with van der Waals surface area (Å²) in [7, 11) is -1.94. The molecule has 5 heteroatoms. The van der Waals surface area contributed by atoms with Gasteiger partial charge in [0.05, 0.1) is 11.7 Å². The molecule has 0 fully saturated rings. The van der Waals surface area contributed by atoms with Crippen molar-refractivity contribution in [3.05, 3.63) is 45.6 Å². The smallest absolute Gasteiger partial charge is 0.250 e. The maximum atomic E-state index is 10.0. The lowest BCUT2D eigenvalue weighted by Gasteiger charge is -2.41. The zero-order chi connectivity index (χ0) is 30.7.